The minimum atomic E-state index is 0.505. The van der Waals surface area contributed by atoms with E-state index in [2.05, 4.69) is 37.6 Å². The predicted molar refractivity (Wildman–Crippen MR) is 84.9 cm³/mol. The van der Waals surface area contributed by atoms with Gasteiger partial charge in [0.05, 0.1) is 5.39 Å². The molecule has 4 rings (SSSR count). The molecule has 6 heteroatoms. The summed E-state index contributed by atoms with van der Waals surface area (Å²) in [5.74, 6) is 2.44. The standard InChI is InChI=1S/C15H17N5S/c1-10-17-14(12-5-8-21-15(12)18-10)20-7-2-3-11(9-20)13-4-6-16-19-13/h4-6,8,11H,2-3,7,9H2,1H3,(H,16,19)/t11-/m0/s1. The third-order valence-electron chi connectivity index (χ3n) is 4.10. The summed E-state index contributed by atoms with van der Waals surface area (Å²) < 4.78 is 0. The molecule has 1 aliphatic rings. The highest BCUT2D eigenvalue weighted by atomic mass is 32.1. The maximum atomic E-state index is 4.71. The molecular formula is C15H17N5S. The lowest BCUT2D eigenvalue weighted by molar-refractivity contribution is 0.498. The van der Waals surface area contributed by atoms with Crippen LogP contribution in [0.4, 0.5) is 5.82 Å². The van der Waals surface area contributed by atoms with E-state index in [-0.39, 0.29) is 0 Å². The molecule has 1 aliphatic heterocycles. The SMILES string of the molecule is Cc1nc(N2CCC[C@H](c3ccn[nH]3)C2)c2ccsc2n1. The number of nitrogens with zero attached hydrogens (tertiary/aromatic N) is 4. The number of fused-ring (bicyclic) bond motifs is 1. The van der Waals surface area contributed by atoms with Gasteiger partial charge in [0.1, 0.15) is 16.5 Å². The van der Waals surface area contributed by atoms with E-state index in [1.54, 1.807) is 11.3 Å². The number of rotatable bonds is 2. The maximum Gasteiger partial charge on any atom is 0.141 e. The van der Waals surface area contributed by atoms with Crippen LogP contribution >= 0.6 is 11.3 Å². The van der Waals surface area contributed by atoms with Crippen molar-refractivity contribution in [2.24, 2.45) is 0 Å². The topological polar surface area (TPSA) is 57.7 Å². The molecular weight excluding hydrogens is 282 g/mol. The Labute approximate surface area is 127 Å². The minimum Gasteiger partial charge on any atom is -0.355 e. The van der Waals surface area contributed by atoms with Gasteiger partial charge in [-0.2, -0.15) is 5.10 Å². The number of aromatic amines is 1. The van der Waals surface area contributed by atoms with E-state index in [1.807, 2.05) is 13.1 Å². The summed E-state index contributed by atoms with van der Waals surface area (Å²) in [7, 11) is 0. The summed E-state index contributed by atoms with van der Waals surface area (Å²) in [4.78, 5) is 12.7. The monoisotopic (exact) mass is 299 g/mol. The van der Waals surface area contributed by atoms with Gasteiger partial charge < -0.3 is 4.90 Å². The molecule has 0 amide bonds. The van der Waals surface area contributed by atoms with E-state index in [0.29, 0.717) is 5.92 Å². The van der Waals surface area contributed by atoms with E-state index in [4.69, 9.17) is 4.98 Å². The third-order valence-corrected chi connectivity index (χ3v) is 4.91. The second kappa shape index (κ2) is 5.11. The molecule has 3 aromatic heterocycles. The fourth-order valence-corrected chi connectivity index (χ4v) is 3.91. The fourth-order valence-electron chi connectivity index (χ4n) is 3.10. The molecule has 3 aromatic rings. The summed E-state index contributed by atoms with van der Waals surface area (Å²) in [6.07, 6.45) is 4.22. The summed E-state index contributed by atoms with van der Waals surface area (Å²) in [6, 6.07) is 4.22. The lowest BCUT2D eigenvalue weighted by atomic mass is 9.95. The second-order valence-electron chi connectivity index (χ2n) is 5.53. The number of anilines is 1. The average Bonchev–Trinajstić information content (AvgIpc) is 3.17. The number of hydrogen-bond donors (Lipinski definition) is 1. The Bertz CT molecular complexity index is 749. The van der Waals surface area contributed by atoms with Crippen LogP contribution < -0.4 is 4.90 Å². The number of aromatic nitrogens is 4. The Balaban J connectivity index is 1.70. The molecule has 4 heterocycles. The molecule has 1 N–H and O–H groups in total. The van der Waals surface area contributed by atoms with E-state index in [9.17, 15) is 0 Å². The summed E-state index contributed by atoms with van der Waals surface area (Å²) in [5.41, 5.74) is 1.23. The fraction of sp³-hybridized carbons (Fsp3) is 0.400. The van der Waals surface area contributed by atoms with Gasteiger partial charge in [0, 0.05) is 30.9 Å². The first-order valence-electron chi connectivity index (χ1n) is 7.27. The van der Waals surface area contributed by atoms with Crippen molar-refractivity contribution >= 4 is 27.4 Å². The van der Waals surface area contributed by atoms with E-state index < -0.39 is 0 Å². The van der Waals surface area contributed by atoms with Gasteiger partial charge in [0.25, 0.3) is 0 Å². The molecule has 0 aliphatic carbocycles. The van der Waals surface area contributed by atoms with Gasteiger partial charge in [-0.3, -0.25) is 5.10 Å². The van der Waals surface area contributed by atoms with Crippen molar-refractivity contribution in [2.75, 3.05) is 18.0 Å². The predicted octanol–water partition coefficient (Wildman–Crippen LogP) is 3.11. The third kappa shape index (κ3) is 2.29. The highest BCUT2D eigenvalue weighted by Crippen LogP contribution is 2.33. The van der Waals surface area contributed by atoms with Crippen LogP contribution in [0, 0.1) is 6.92 Å². The van der Waals surface area contributed by atoms with E-state index in [1.165, 1.54) is 23.9 Å². The lowest BCUT2D eigenvalue weighted by Crippen LogP contribution is -2.35. The van der Waals surface area contributed by atoms with Crippen LogP contribution in [-0.4, -0.2) is 33.3 Å². The van der Waals surface area contributed by atoms with Crippen LogP contribution in [0.1, 0.15) is 30.3 Å². The average molecular weight is 299 g/mol. The van der Waals surface area contributed by atoms with Gasteiger partial charge in [0.15, 0.2) is 0 Å². The van der Waals surface area contributed by atoms with Gasteiger partial charge >= 0.3 is 0 Å². The number of thiophene rings is 1. The van der Waals surface area contributed by atoms with Crippen LogP contribution in [0.3, 0.4) is 0 Å². The summed E-state index contributed by atoms with van der Waals surface area (Å²) in [5, 5.41) is 10.5. The van der Waals surface area contributed by atoms with Gasteiger partial charge in [-0.25, -0.2) is 9.97 Å². The normalized spacial score (nSPS) is 19.3. The molecule has 0 bridgehead atoms. The van der Waals surface area contributed by atoms with Crippen molar-refractivity contribution in [3.8, 4) is 0 Å². The van der Waals surface area contributed by atoms with Crippen molar-refractivity contribution in [1.82, 2.24) is 20.2 Å². The van der Waals surface area contributed by atoms with Crippen molar-refractivity contribution < 1.29 is 0 Å². The van der Waals surface area contributed by atoms with Crippen LogP contribution in [0.15, 0.2) is 23.7 Å². The molecule has 1 fully saturated rings. The molecule has 0 radical (unpaired) electrons. The Morgan fingerprint density at radius 2 is 2.29 bits per heavy atom. The first-order valence-corrected chi connectivity index (χ1v) is 8.15. The molecule has 0 aromatic carbocycles. The number of H-pyrrole nitrogens is 1. The Morgan fingerprint density at radius 3 is 3.14 bits per heavy atom. The minimum absolute atomic E-state index is 0.505. The quantitative estimate of drug-likeness (QED) is 0.790. The van der Waals surface area contributed by atoms with E-state index >= 15 is 0 Å². The Kier molecular flexibility index (Phi) is 3.11. The van der Waals surface area contributed by atoms with Crippen molar-refractivity contribution in [3.05, 3.63) is 35.2 Å². The van der Waals surface area contributed by atoms with Crippen LogP contribution in [0.25, 0.3) is 10.2 Å². The van der Waals surface area contributed by atoms with Gasteiger partial charge in [-0.15, -0.1) is 11.3 Å². The van der Waals surface area contributed by atoms with Crippen LogP contribution in [0.5, 0.6) is 0 Å². The summed E-state index contributed by atoms with van der Waals surface area (Å²) in [6.45, 7) is 4.02. The zero-order valence-corrected chi connectivity index (χ0v) is 12.7. The lowest BCUT2D eigenvalue weighted by Gasteiger charge is -2.33. The largest absolute Gasteiger partial charge is 0.355 e. The molecule has 1 saturated heterocycles. The zero-order valence-electron chi connectivity index (χ0n) is 11.9. The highest BCUT2D eigenvalue weighted by Gasteiger charge is 2.24. The first-order chi connectivity index (χ1) is 10.3. The number of piperidine rings is 1. The van der Waals surface area contributed by atoms with E-state index in [0.717, 1.165) is 29.6 Å². The number of hydrogen-bond acceptors (Lipinski definition) is 5. The molecule has 1 atom stereocenters. The number of nitrogens with one attached hydrogen (secondary N) is 1. The second-order valence-corrected chi connectivity index (χ2v) is 6.43. The molecule has 108 valence electrons. The van der Waals surface area contributed by atoms with Crippen LogP contribution in [-0.2, 0) is 0 Å². The zero-order chi connectivity index (χ0) is 14.2. The molecule has 0 unspecified atom stereocenters. The molecule has 0 spiro atoms. The van der Waals surface area contributed by atoms with Crippen molar-refractivity contribution in [2.45, 2.75) is 25.7 Å². The Hall–Kier alpha value is -1.95. The van der Waals surface area contributed by atoms with Gasteiger partial charge in [-0.05, 0) is 37.3 Å². The maximum absolute atomic E-state index is 4.71. The van der Waals surface area contributed by atoms with Gasteiger partial charge in [0.2, 0.25) is 0 Å². The summed E-state index contributed by atoms with van der Waals surface area (Å²) >= 11 is 1.68. The molecule has 0 saturated carbocycles. The molecule has 5 nitrogen and oxygen atoms in total. The smallest absolute Gasteiger partial charge is 0.141 e. The van der Waals surface area contributed by atoms with Gasteiger partial charge in [-0.1, -0.05) is 0 Å². The first kappa shape index (κ1) is 12.8. The van der Waals surface area contributed by atoms with Crippen LogP contribution in [0.2, 0.25) is 0 Å². The van der Waals surface area contributed by atoms with Crippen molar-refractivity contribution in [1.29, 1.82) is 0 Å². The highest BCUT2D eigenvalue weighted by molar-refractivity contribution is 7.16. The van der Waals surface area contributed by atoms with Crippen molar-refractivity contribution in [3.63, 3.8) is 0 Å². The Morgan fingerprint density at radius 1 is 1.33 bits per heavy atom. The number of aryl methyl sites for hydroxylation is 1. The molecule has 21 heavy (non-hydrogen) atoms.